The van der Waals surface area contributed by atoms with E-state index in [9.17, 15) is 0 Å². The fourth-order valence-electron chi connectivity index (χ4n) is 4.35. The number of pyridine rings is 1. The Labute approximate surface area is 205 Å². The highest BCUT2D eigenvalue weighted by atomic mass is 15.6. The summed E-state index contributed by atoms with van der Waals surface area (Å²) in [6, 6.07) is 23.0. The number of unbranched alkanes of at least 4 members (excludes halogenated alkanes) is 1. The molecule has 0 aliphatic carbocycles. The van der Waals surface area contributed by atoms with Crippen molar-refractivity contribution in [2.24, 2.45) is 4.99 Å². The van der Waals surface area contributed by atoms with Gasteiger partial charge in [-0.1, -0.05) is 74.4 Å². The number of aryl methyl sites for hydroxylation is 1. The van der Waals surface area contributed by atoms with E-state index < -0.39 is 0 Å². The van der Waals surface area contributed by atoms with Gasteiger partial charge in [-0.05, 0) is 46.5 Å². The van der Waals surface area contributed by atoms with Crippen LogP contribution in [0.2, 0.25) is 0 Å². The number of H-pyrrole nitrogens is 1. The Morgan fingerprint density at radius 1 is 0.914 bits per heavy atom. The van der Waals surface area contributed by atoms with Crippen molar-refractivity contribution < 1.29 is 0 Å². The molecule has 178 valence electrons. The molecule has 1 atom stereocenters. The fraction of sp³-hybridized carbons (Fsp3) is 0.296. The van der Waals surface area contributed by atoms with Crippen molar-refractivity contribution in [1.29, 1.82) is 0 Å². The van der Waals surface area contributed by atoms with E-state index >= 15 is 0 Å². The molecule has 0 saturated carbocycles. The highest BCUT2D eigenvalue weighted by Gasteiger charge is 2.24. The van der Waals surface area contributed by atoms with E-state index in [0.29, 0.717) is 5.82 Å². The molecule has 3 heterocycles. The number of amidine groups is 1. The Morgan fingerprint density at radius 3 is 2.54 bits per heavy atom. The number of hydrazine groups is 1. The summed E-state index contributed by atoms with van der Waals surface area (Å²) in [5.41, 5.74) is 8.92. The summed E-state index contributed by atoms with van der Waals surface area (Å²) in [4.78, 5) is 9.61. The molecule has 2 aromatic carbocycles. The van der Waals surface area contributed by atoms with Gasteiger partial charge in [-0.15, -0.1) is 5.10 Å². The van der Waals surface area contributed by atoms with E-state index in [1.54, 1.807) is 6.20 Å². The first kappa shape index (κ1) is 22.9. The first-order chi connectivity index (χ1) is 17.3. The van der Waals surface area contributed by atoms with Crippen LogP contribution in [-0.4, -0.2) is 42.6 Å². The third-order valence-corrected chi connectivity index (χ3v) is 6.21. The molecule has 1 aliphatic heterocycles. The molecule has 0 bridgehead atoms. The molecule has 5 rings (SSSR count). The number of aromatic nitrogens is 5. The van der Waals surface area contributed by atoms with Crippen LogP contribution in [0.5, 0.6) is 0 Å². The molecular weight excluding hydrogens is 436 g/mol. The van der Waals surface area contributed by atoms with Gasteiger partial charge in [-0.3, -0.25) is 15.0 Å². The molecule has 2 aromatic heterocycles. The van der Waals surface area contributed by atoms with Crippen LogP contribution >= 0.6 is 0 Å². The van der Waals surface area contributed by atoms with Crippen molar-refractivity contribution in [2.45, 2.75) is 51.7 Å². The van der Waals surface area contributed by atoms with E-state index in [2.05, 4.69) is 97.6 Å². The van der Waals surface area contributed by atoms with Gasteiger partial charge in [0.15, 0.2) is 5.82 Å². The number of tetrazole rings is 1. The van der Waals surface area contributed by atoms with E-state index in [4.69, 9.17) is 4.99 Å². The molecule has 0 saturated heterocycles. The van der Waals surface area contributed by atoms with E-state index in [0.717, 1.165) is 48.5 Å². The zero-order valence-electron chi connectivity index (χ0n) is 19.9. The van der Waals surface area contributed by atoms with Gasteiger partial charge in [0.05, 0.1) is 12.2 Å². The Balaban J connectivity index is 1.30. The molecule has 4 aromatic rings. The number of nitrogens with one attached hydrogen (secondary N) is 2. The van der Waals surface area contributed by atoms with Crippen LogP contribution in [0.3, 0.4) is 0 Å². The molecule has 8 nitrogen and oxygen atoms in total. The van der Waals surface area contributed by atoms with Crippen LogP contribution in [0, 0.1) is 0 Å². The summed E-state index contributed by atoms with van der Waals surface area (Å²) in [7, 11) is 0. The monoisotopic (exact) mass is 466 g/mol. The van der Waals surface area contributed by atoms with Crippen LogP contribution in [0.1, 0.15) is 43.7 Å². The third kappa shape index (κ3) is 5.60. The topological polar surface area (TPSA) is 95.0 Å². The molecule has 8 heteroatoms. The number of benzene rings is 2. The van der Waals surface area contributed by atoms with Gasteiger partial charge in [0.1, 0.15) is 12.0 Å². The average Bonchev–Trinajstić information content (AvgIpc) is 3.58. The second kappa shape index (κ2) is 11.0. The maximum absolute atomic E-state index is 5.02. The van der Waals surface area contributed by atoms with Crippen molar-refractivity contribution in [3.63, 3.8) is 0 Å². The minimum atomic E-state index is 0.159. The number of rotatable bonds is 10. The van der Waals surface area contributed by atoms with Crippen LogP contribution < -0.4 is 5.43 Å². The molecular formula is C27H30N8. The van der Waals surface area contributed by atoms with Gasteiger partial charge in [-0.25, -0.2) is 10.5 Å². The van der Waals surface area contributed by atoms with E-state index in [-0.39, 0.29) is 6.17 Å². The van der Waals surface area contributed by atoms with Crippen LogP contribution in [0.4, 0.5) is 0 Å². The zero-order chi connectivity index (χ0) is 23.9. The standard InChI is InChI=1S/C27H30N8/c1-2-3-11-24-29-25(17-14-20-8-5-4-6-9-20)35(32-24)19-21-12-15-22(16-13-21)26-23(10-7-18-28-26)27-30-33-34-31-27/h4-10,12-13,15-16,18,24,32H,2-3,11,14,17,19H2,1H3,(H,30,31,33,34). The van der Waals surface area contributed by atoms with Gasteiger partial charge >= 0.3 is 0 Å². The second-order valence-corrected chi connectivity index (χ2v) is 8.75. The average molecular weight is 467 g/mol. The number of nitrogens with zero attached hydrogens (tertiary/aromatic N) is 6. The molecule has 35 heavy (non-hydrogen) atoms. The quantitative estimate of drug-likeness (QED) is 0.349. The van der Waals surface area contributed by atoms with Crippen molar-refractivity contribution >= 4 is 5.84 Å². The Morgan fingerprint density at radius 2 is 1.77 bits per heavy atom. The second-order valence-electron chi connectivity index (χ2n) is 8.75. The molecule has 0 amide bonds. The summed E-state index contributed by atoms with van der Waals surface area (Å²) in [5.74, 6) is 1.74. The Hall–Kier alpha value is -3.91. The lowest BCUT2D eigenvalue weighted by Crippen LogP contribution is -2.40. The lowest BCUT2D eigenvalue weighted by atomic mass is 10.0. The minimum absolute atomic E-state index is 0.159. The minimum Gasteiger partial charge on any atom is -0.289 e. The van der Waals surface area contributed by atoms with Crippen molar-refractivity contribution in [1.82, 2.24) is 36.0 Å². The zero-order valence-corrected chi connectivity index (χ0v) is 19.9. The van der Waals surface area contributed by atoms with Crippen LogP contribution in [0.15, 0.2) is 77.9 Å². The normalized spacial score (nSPS) is 15.4. The third-order valence-electron chi connectivity index (χ3n) is 6.21. The Kier molecular flexibility index (Phi) is 7.19. The summed E-state index contributed by atoms with van der Waals surface area (Å²) >= 11 is 0. The lowest BCUT2D eigenvalue weighted by molar-refractivity contribution is 0.277. The smallest absolute Gasteiger partial charge is 0.181 e. The van der Waals surface area contributed by atoms with Gasteiger partial charge in [0.2, 0.25) is 0 Å². The number of hydrogen-bond acceptors (Lipinski definition) is 7. The van der Waals surface area contributed by atoms with Crippen molar-refractivity contribution in [3.8, 4) is 22.6 Å². The molecule has 0 spiro atoms. The summed E-state index contributed by atoms with van der Waals surface area (Å²) in [6.07, 6.45) is 7.25. The summed E-state index contributed by atoms with van der Waals surface area (Å²) < 4.78 is 0. The maximum atomic E-state index is 5.02. The van der Waals surface area contributed by atoms with E-state index in [1.807, 2.05) is 12.1 Å². The SMILES string of the molecule is CCCCC1N=C(CCc2ccccc2)N(Cc2ccc(-c3ncccc3-c3nnn[nH]3)cc2)N1. The van der Waals surface area contributed by atoms with Gasteiger partial charge in [0, 0.05) is 23.7 Å². The molecule has 0 radical (unpaired) electrons. The van der Waals surface area contributed by atoms with Gasteiger partial charge in [-0.2, -0.15) is 0 Å². The summed E-state index contributed by atoms with van der Waals surface area (Å²) in [5, 5.41) is 16.5. The predicted molar refractivity (Wildman–Crippen MR) is 137 cm³/mol. The highest BCUT2D eigenvalue weighted by Crippen LogP contribution is 2.28. The molecule has 1 unspecified atom stereocenters. The van der Waals surface area contributed by atoms with Crippen LogP contribution in [0.25, 0.3) is 22.6 Å². The van der Waals surface area contributed by atoms with Gasteiger partial charge < -0.3 is 0 Å². The largest absolute Gasteiger partial charge is 0.289 e. The first-order valence-corrected chi connectivity index (χ1v) is 12.2. The molecule has 0 fully saturated rings. The summed E-state index contributed by atoms with van der Waals surface area (Å²) in [6.45, 7) is 2.98. The number of hydrogen-bond donors (Lipinski definition) is 2. The highest BCUT2D eigenvalue weighted by molar-refractivity contribution is 5.83. The molecule has 2 N–H and O–H groups in total. The first-order valence-electron chi connectivity index (χ1n) is 12.2. The predicted octanol–water partition coefficient (Wildman–Crippen LogP) is 4.80. The van der Waals surface area contributed by atoms with Crippen LogP contribution in [-0.2, 0) is 13.0 Å². The number of aliphatic imine (C=N–C) groups is 1. The lowest BCUT2D eigenvalue weighted by Gasteiger charge is -2.22. The molecule has 1 aliphatic rings. The van der Waals surface area contributed by atoms with Crippen molar-refractivity contribution in [2.75, 3.05) is 0 Å². The Bertz CT molecular complexity index is 1240. The van der Waals surface area contributed by atoms with Crippen molar-refractivity contribution in [3.05, 3.63) is 84.1 Å². The maximum Gasteiger partial charge on any atom is 0.181 e. The van der Waals surface area contributed by atoms with E-state index in [1.165, 1.54) is 24.0 Å². The number of aromatic amines is 1. The van der Waals surface area contributed by atoms with Gasteiger partial charge in [0.25, 0.3) is 0 Å². The fourth-order valence-corrected chi connectivity index (χ4v) is 4.35.